The van der Waals surface area contributed by atoms with E-state index in [1.54, 1.807) is 18.2 Å². The van der Waals surface area contributed by atoms with Crippen molar-refractivity contribution in [3.8, 4) is 5.69 Å². The number of aryl methyl sites for hydroxylation is 2. The molecule has 0 unspecified atom stereocenters. The number of rotatable bonds is 4. The van der Waals surface area contributed by atoms with Gasteiger partial charge in [-0.1, -0.05) is 29.3 Å². The summed E-state index contributed by atoms with van der Waals surface area (Å²) in [5.74, 6) is -0.301. The van der Waals surface area contributed by atoms with Crippen LogP contribution in [0.25, 0.3) is 15.9 Å². The first-order valence-corrected chi connectivity index (χ1v) is 10.3. The molecule has 29 heavy (non-hydrogen) atoms. The van der Waals surface area contributed by atoms with Crippen molar-refractivity contribution in [3.63, 3.8) is 0 Å². The van der Waals surface area contributed by atoms with E-state index in [1.807, 2.05) is 49.0 Å². The molecular formula is C21H16Cl2N4OS. The lowest BCUT2D eigenvalue weighted by Crippen LogP contribution is -2.18. The molecule has 1 aromatic carbocycles. The number of pyridine rings is 1. The molecule has 0 radical (unpaired) electrons. The lowest BCUT2D eigenvalue weighted by Gasteiger charge is -2.07. The van der Waals surface area contributed by atoms with Crippen LogP contribution < -0.4 is 5.43 Å². The van der Waals surface area contributed by atoms with E-state index in [-0.39, 0.29) is 5.91 Å². The number of fused-ring (bicyclic) bond motifs is 1. The van der Waals surface area contributed by atoms with Gasteiger partial charge in [-0.15, -0.1) is 11.3 Å². The number of thiophene rings is 1. The van der Waals surface area contributed by atoms with Gasteiger partial charge in [0.1, 0.15) is 9.71 Å². The van der Waals surface area contributed by atoms with Gasteiger partial charge in [0, 0.05) is 23.5 Å². The Morgan fingerprint density at radius 1 is 1.17 bits per heavy atom. The SMILES string of the molecule is Cc1cc(C)c2c(-n3cccc3)c(C(=O)N/N=C/c3ccc(Cl)c(Cl)c3)sc2n1. The first-order chi connectivity index (χ1) is 13.9. The highest BCUT2D eigenvalue weighted by molar-refractivity contribution is 7.21. The van der Waals surface area contributed by atoms with Gasteiger partial charge in [0.2, 0.25) is 0 Å². The van der Waals surface area contributed by atoms with Gasteiger partial charge < -0.3 is 4.57 Å². The van der Waals surface area contributed by atoms with Gasteiger partial charge in [0.05, 0.1) is 21.9 Å². The van der Waals surface area contributed by atoms with Gasteiger partial charge in [-0.05, 0) is 55.3 Å². The van der Waals surface area contributed by atoms with Gasteiger partial charge >= 0.3 is 0 Å². The van der Waals surface area contributed by atoms with E-state index in [9.17, 15) is 4.79 Å². The molecule has 0 saturated heterocycles. The van der Waals surface area contributed by atoms with Crippen LogP contribution in [0.5, 0.6) is 0 Å². The van der Waals surface area contributed by atoms with Crippen molar-refractivity contribution in [2.24, 2.45) is 5.10 Å². The summed E-state index contributed by atoms with van der Waals surface area (Å²) in [6.07, 6.45) is 5.35. The van der Waals surface area contributed by atoms with Gasteiger partial charge in [-0.3, -0.25) is 4.79 Å². The van der Waals surface area contributed by atoms with E-state index in [4.69, 9.17) is 23.2 Å². The molecule has 0 aliphatic carbocycles. The normalized spacial score (nSPS) is 11.4. The molecule has 0 saturated carbocycles. The number of nitrogens with zero attached hydrogens (tertiary/aromatic N) is 3. The van der Waals surface area contributed by atoms with E-state index < -0.39 is 0 Å². The molecule has 0 aliphatic rings. The van der Waals surface area contributed by atoms with Gasteiger partial charge in [0.25, 0.3) is 5.91 Å². The number of hydrogen-bond acceptors (Lipinski definition) is 4. The zero-order valence-corrected chi connectivity index (χ0v) is 17.9. The zero-order valence-electron chi connectivity index (χ0n) is 15.6. The van der Waals surface area contributed by atoms with Crippen LogP contribution in [0.1, 0.15) is 26.5 Å². The molecule has 4 rings (SSSR count). The van der Waals surface area contributed by atoms with E-state index in [0.29, 0.717) is 14.9 Å². The first kappa shape index (κ1) is 19.6. The second-order valence-electron chi connectivity index (χ2n) is 6.50. The van der Waals surface area contributed by atoms with Crippen molar-refractivity contribution in [2.45, 2.75) is 13.8 Å². The standard InChI is InChI=1S/C21H16Cl2N4OS/c1-12-9-13(2)25-21-17(12)18(27-7-3-4-8-27)19(29-21)20(28)26-24-11-14-5-6-15(22)16(23)10-14/h3-11H,1-2H3,(H,26,28)/b24-11+. The molecule has 4 aromatic rings. The third-order valence-electron chi connectivity index (χ3n) is 4.35. The van der Waals surface area contributed by atoms with Crippen LogP contribution in [-0.4, -0.2) is 21.7 Å². The molecule has 146 valence electrons. The minimum absolute atomic E-state index is 0.301. The largest absolute Gasteiger partial charge is 0.322 e. The van der Waals surface area contributed by atoms with Crippen LogP contribution in [0.2, 0.25) is 10.0 Å². The average Bonchev–Trinajstić information content (AvgIpc) is 3.31. The summed E-state index contributed by atoms with van der Waals surface area (Å²) in [7, 11) is 0. The summed E-state index contributed by atoms with van der Waals surface area (Å²) in [6, 6.07) is 11.0. The molecule has 0 spiro atoms. The van der Waals surface area contributed by atoms with Crippen LogP contribution in [0.3, 0.4) is 0 Å². The fourth-order valence-corrected chi connectivity index (χ4v) is 4.61. The molecule has 3 heterocycles. The first-order valence-electron chi connectivity index (χ1n) is 8.76. The maximum Gasteiger partial charge on any atom is 0.283 e. The van der Waals surface area contributed by atoms with Gasteiger partial charge in [0.15, 0.2) is 0 Å². The van der Waals surface area contributed by atoms with Gasteiger partial charge in [-0.2, -0.15) is 5.10 Å². The summed E-state index contributed by atoms with van der Waals surface area (Å²) in [5, 5.41) is 5.93. The lowest BCUT2D eigenvalue weighted by atomic mass is 10.1. The Balaban J connectivity index is 1.70. The summed E-state index contributed by atoms with van der Waals surface area (Å²) in [6.45, 7) is 3.98. The number of hydrogen-bond donors (Lipinski definition) is 1. The zero-order chi connectivity index (χ0) is 20.5. The third kappa shape index (κ3) is 3.92. The molecule has 5 nitrogen and oxygen atoms in total. The van der Waals surface area contributed by atoms with E-state index in [1.165, 1.54) is 17.6 Å². The molecular weight excluding hydrogens is 427 g/mol. The topological polar surface area (TPSA) is 59.3 Å². The summed E-state index contributed by atoms with van der Waals surface area (Å²) >= 11 is 13.3. The van der Waals surface area contributed by atoms with Crippen LogP contribution in [0.4, 0.5) is 0 Å². The fraction of sp³-hybridized carbons (Fsp3) is 0.0952. The fourth-order valence-electron chi connectivity index (χ4n) is 3.12. The van der Waals surface area contributed by atoms with Crippen LogP contribution in [-0.2, 0) is 0 Å². The molecule has 3 aromatic heterocycles. The molecule has 1 amide bonds. The predicted octanol–water partition coefficient (Wildman–Crippen LogP) is 5.77. The van der Waals surface area contributed by atoms with Crippen molar-refractivity contribution in [1.82, 2.24) is 15.0 Å². The second kappa shape index (κ2) is 7.99. The van der Waals surface area contributed by atoms with E-state index in [2.05, 4.69) is 15.5 Å². The number of carbonyl (C=O) groups excluding carboxylic acids is 1. The summed E-state index contributed by atoms with van der Waals surface area (Å²) < 4.78 is 1.93. The smallest absolute Gasteiger partial charge is 0.283 e. The number of benzene rings is 1. The van der Waals surface area contributed by atoms with E-state index in [0.717, 1.165) is 32.7 Å². The lowest BCUT2D eigenvalue weighted by molar-refractivity contribution is 0.0959. The Labute approximate surface area is 181 Å². The Morgan fingerprint density at radius 2 is 1.93 bits per heavy atom. The molecule has 1 N–H and O–H groups in total. The van der Waals surface area contributed by atoms with E-state index >= 15 is 0 Å². The number of nitrogens with one attached hydrogen (secondary N) is 1. The summed E-state index contributed by atoms with van der Waals surface area (Å²) in [4.78, 5) is 18.9. The molecule has 0 atom stereocenters. The van der Waals surface area contributed by atoms with Crippen molar-refractivity contribution in [2.75, 3.05) is 0 Å². The molecule has 0 bridgehead atoms. The minimum atomic E-state index is -0.301. The Kier molecular flexibility index (Phi) is 5.41. The highest BCUT2D eigenvalue weighted by Crippen LogP contribution is 2.35. The predicted molar refractivity (Wildman–Crippen MR) is 120 cm³/mol. The number of amides is 1. The number of halogens is 2. The highest BCUT2D eigenvalue weighted by Gasteiger charge is 2.22. The van der Waals surface area contributed by atoms with Crippen LogP contribution in [0, 0.1) is 13.8 Å². The minimum Gasteiger partial charge on any atom is -0.322 e. The maximum atomic E-state index is 12.9. The Morgan fingerprint density at radius 3 is 2.66 bits per heavy atom. The third-order valence-corrected chi connectivity index (χ3v) is 6.17. The second-order valence-corrected chi connectivity index (χ2v) is 8.32. The van der Waals surface area contributed by atoms with Crippen LogP contribution in [0.15, 0.2) is 53.9 Å². The number of carbonyl (C=O) groups is 1. The van der Waals surface area contributed by atoms with Crippen LogP contribution >= 0.6 is 34.5 Å². The molecule has 0 aliphatic heterocycles. The molecule has 0 fully saturated rings. The average molecular weight is 443 g/mol. The maximum absolute atomic E-state index is 12.9. The Bertz CT molecular complexity index is 1250. The van der Waals surface area contributed by atoms with Crippen molar-refractivity contribution in [1.29, 1.82) is 0 Å². The number of aromatic nitrogens is 2. The number of hydrazone groups is 1. The quantitative estimate of drug-likeness (QED) is 0.321. The molecule has 8 heteroatoms. The Hall–Kier alpha value is -2.67. The van der Waals surface area contributed by atoms with Gasteiger partial charge in [-0.25, -0.2) is 10.4 Å². The van der Waals surface area contributed by atoms with Crippen molar-refractivity contribution < 1.29 is 4.79 Å². The van der Waals surface area contributed by atoms with Crippen molar-refractivity contribution >= 4 is 56.9 Å². The highest BCUT2D eigenvalue weighted by atomic mass is 35.5. The summed E-state index contributed by atoms with van der Waals surface area (Å²) in [5.41, 5.74) is 6.13. The monoisotopic (exact) mass is 442 g/mol. The van der Waals surface area contributed by atoms with Crippen molar-refractivity contribution in [3.05, 3.63) is 80.5 Å².